The van der Waals surface area contributed by atoms with Crippen molar-refractivity contribution in [3.05, 3.63) is 91.0 Å². The topological polar surface area (TPSA) is 43.1 Å². The van der Waals surface area contributed by atoms with Crippen molar-refractivity contribution in [1.29, 1.82) is 0 Å². The van der Waals surface area contributed by atoms with Crippen molar-refractivity contribution < 1.29 is 4.79 Å². The van der Waals surface area contributed by atoms with Crippen molar-refractivity contribution in [2.75, 3.05) is 6.16 Å². The van der Waals surface area contributed by atoms with Gasteiger partial charge in [0.15, 0.2) is 0 Å². The van der Waals surface area contributed by atoms with Gasteiger partial charge >= 0.3 is 150 Å². The van der Waals surface area contributed by atoms with Gasteiger partial charge in [-0.2, -0.15) is 0 Å². The zero-order valence-electron chi connectivity index (χ0n) is 14.3. The van der Waals surface area contributed by atoms with E-state index in [1.165, 1.54) is 15.9 Å². The molecular formula is C22H24NOP. The molecule has 0 aromatic heterocycles. The van der Waals surface area contributed by atoms with E-state index < -0.39 is 7.26 Å². The van der Waals surface area contributed by atoms with Gasteiger partial charge in [-0.1, -0.05) is 0 Å². The Hall–Kier alpha value is -2.44. The molecule has 0 aliphatic heterocycles. The Bertz CT molecular complexity index is 707. The van der Waals surface area contributed by atoms with Gasteiger partial charge in [-0.05, 0) is 0 Å². The summed E-state index contributed by atoms with van der Waals surface area (Å²) < 4.78 is 0. The fourth-order valence-electron chi connectivity index (χ4n) is 3.63. The fourth-order valence-corrected chi connectivity index (χ4v) is 8.49. The number of carbonyl (C=O) groups excluding carboxylic acids is 1. The summed E-state index contributed by atoms with van der Waals surface area (Å²) >= 11 is 0. The van der Waals surface area contributed by atoms with Crippen molar-refractivity contribution in [3.63, 3.8) is 0 Å². The average molecular weight is 349 g/mol. The molecule has 2 nitrogen and oxygen atoms in total. The zero-order chi connectivity index (χ0) is 17.5. The van der Waals surface area contributed by atoms with E-state index in [-0.39, 0.29) is 5.91 Å². The van der Waals surface area contributed by atoms with Crippen LogP contribution >= 0.6 is 7.26 Å². The van der Waals surface area contributed by atoms with E-state index >= 15 is 0 Å². The molecule has 0 saturated heterocycles. The van der Waals surface area contributed by atoms with Crippen LogP contribution in [0.2, 0.25) is 0 Å². The SMILES string of the molecule is NC(=O)CCC[PH](c1ccccc1)(c1ccccc1)c1ccccc1. The molecule has 0 aliphatic carbocycles. The first-order valence-electron chi connectivity index (χ1n) is 8.68. The van der Waals surface area contributed by atoms with Gasteiger partial charge in [-0.3, -0.25) is 0 Å². The third-order valence-electron chi connectivity index (χ3n) is 4.77. The van der Waals surface area contributed by atoms with Crippen molar-refractivity contribution in [1.82, 2.24) is 0 Å². The molecule has 0 aliphatic rings. The molecule has 0 heterocycles. The van der Waals surface area contributed by atoms with Crippen LogP contribution in [0.5, 0.6) is 0 Å². The third kappa shape index (κ3) is 3.81. The van der Waals surface area contributed by atoms with Gasteiger partial charge in [0, 0.05) is 0 Å². The van der Waals surface area contributed by atoms with E-state index in [4.69, 9.17) is 5.73 Å². The molecule has 0 saturated carbocycles. The Balaban J connectivity index is 2.18. The summed E-state index contributed by atoms with van der Waals surface area (Å²) in [6, 6.07) is 32.2. The van der Waals surface area contributed by atoms with Gasteiger partial charge in [0.1, 0.15) is 0 Å². The van der Waals surface area contributed by atoms with E-state index in [1.54, 1.807) is 0 Å². The Morgan fingerprint density at radius 2 is 1.04 bits per heavy atom. The third-order valence-corrected chi connectivity index (χ3v) is 9.84. The first-order chi connectivity index (χ1) is 12.2. The van der Waals surface area contributed by atoms with Crippen LogP contribution < -0.4 is 21.6 Å². The van der Waals surface area contributed by atoms with Crippen LogP contribution in [0.15, 0.2) is 91.0 Å². The first kappa shape index (κ1) is 17.4. The summed E-state index contributed by atoms with van der Waals surface area (Å²) in [6.07, 6.45) is 2.20. The summed E-state index contributed by atoms with van der Waals surface area (Å²) in [5.74, 6) is -0.225. The summed E-state index contributed by atoms with van der Waals surface area (Å²) in [5.41, 5.74) is 5.41. The van der Waals surface area contributed by atoms with E-state index in [0.717, 1.165) is 12.6 Å². The van der Waals surface area contributed by atoms with Gasteiger partial charge in [0.05, 0.1) is 0 Å². The van der Waals surface area contributed by atoms with Crippen molar-refractivity contribution in [3.8, 4) is 0 Å². The zero-order valence-corrected chi connectivity index (χ0v) is 15.3. The van der Waals surface area contributed by atoms with Crippen LogP contribution in [0.3, 0.4) is 0 Å². The second-order valence-corrected chi connectivity index (χ2v) is 10.4. The molecule has 3 rings (SSSR count). The Labute approximate surface area is 150 Å². The number of rotatable bonds is 7. The predicted molar refractivity (Wildman–Crippen MR) is 110 cm³/mol. The molecule has 3 heteroatoms. The molecule has 3 aromatic carbocycles. The molecule has 0 bridgehead atoms. The standard InChI is InChI=1S/C22H24NOP/c23-22(24)17-10-18-25(19-11-4-1-5-12-19,20-13-6-2-7-14-20)21-15-8-3-9-16-21/h1-9,11-16,25H,10,17-18H2,(H2,23,24). The van der Waals surface area contributed by atoms with Crippen molar-refractivity contribution in [2.45, 2.75) is 12.8 Å². The predicted octanol–water partition coefficient (Wildman–Crippen LogP) is 2.98. The van der Waals surface area contributed by atoms with Crippen LogP contribution in [0.25, 0.3) is 0 Å². The molecule has 0 radical (unpaired) electrons. The fraction of sp³-hybridized carbons (Fsp3) is 0.136. The quantitative estimate of drug-likeness (QED) is 0.655. The minimum absolute atomic E-state index is 0.225. The van der Waals surface area contributed by atoms with Gasteiger partial charge in [-0.25, -0.2) is 0 Å². The number of hydrogen-bond acceptors (Lipinski definition) is 1. The normalized spacial score (nSPS) is 11.8. The van der Waals surface area contributed by atoms with Crippen molar-refractivity contribution >= 4 is 29.1 Å². The molecular weight excluding hydrogens is 325 g/mol. The summed E-state index contributed by atoms with van der Waals surface area (Å²) in [5, 5.41) is 4.12. The second-order valence-electron chi connectivity index (χ2n) is 6.32. The number of amides is 1. The molecule has 0 spiro atoms. The van der Waals surface area contributed by atoms with E-state index in [2.05, 4.69) is 91.0 Å². The average Bonchev–Trinajstić information content (AvgIpc) is 2.67. The van der Waals surface area contributed by atoms with Crippen molar-refractivity contribution in [2.24, 2.45) is 5.73 Å². The molecule has 0 fully saturated rings. The molecule has 0 unspecified atom stereocenters. The maximum atomic E-state index is 11.3. The molecule has 25 heavy (non-hydrogen) atoms. The maximum absolute atomic E-state index is 11.3. The van der Waals surface area contributed by atoms with Gasteiger partial charge in [0.2, 0.25) is 0 Å². The van der Waals surface area contributed by atoms with Crippen LogP contribution in [0.4, 0.5) is 0 Å². The molecule has 1 amide bonds. The van der Waals surface area contributed by atoms with Crippen LogP contribution in [0, 0.1) is 0 Å². The number of benzene rings is 3. The monoisotopic (exact) mass is 349 g/mol. The number of carbonyl (C=O) groups is 1. The van der Waals surface area contributed by atoms with Gasteiger partial charge in [-0.15, -0.1) is 0 Å². The minimum atomic E-state index is -2.20. The Kier molecular flexibility index (Phi) is 5.63. The molecule has 2 N–H and O–H groups in total. The number of nitrogens with two attached hydrogens (primary N) is 1. The Morgan fingerprint density at radius 1 is 0.680 bits per heavy atom. The summed E-state index contributed by atoms with van der Waals surface area (Å²) in [4.78, 5) is 11.3. The second kappa shape index (κ2) is 8.09. The van der Waals surface area contributed by atoms with Crippen LogP contribution in [-0.4, -0.2) is 12.1 Å². The number of hydrogen-bond donors (Lipinski definition) is 1. The van der Waals surface area contributed by atoms with Crippen LogP contribution in [-0.2, 0) is 4.79 Å². The summed E-state index contributed by atoms with van der Waals surface area (Å²) in [7, 11) is -2.20. The van der Waals surface area contributed by atoms with Gasteiger partial charge in [0.25, 0.3) is 0 Å². The number of primary amides is 1. The van der Waals surface area contributed by atoms with Gasteiger partial charge < -0.3 is 0 Å². The molecule has 128 valence electrons. The van der Waals surface area contributed by atoms with Crippen LogP contribution in [0.1, 0.15) is 12.8 Å². The van der Waals surface area contributed by atoms with E-state index in [0.29, 0.717) is 6.42 Å². The molecule has 3 aromatic rings. The summed E-state index contributed by atoms with van der Waals surface area (Å²) in [6.45, 7) is 0. The van der Waals surface area contributed by atoms with E-state index in [9.17, 15) is 4.79 Å². The first-order valence-corrected chi connectivity index (χ1v) is 10.9. The van der Waals surface area contributed by atoms with E-state index in [1.807, 2.05) is 0 Å². The Morgan fingerprint density at radius 3 is 1.36 bits per heavy atom. The molecule has 0 atom stereocenters.